The zero-order valence-corrected chi connectivity index (χ0v) is 32.5. The SMILES string of the molecule is C[Si](C)(C)c1ccc(-c2[c-]ccc3c2CCCC3)nc1.[Ir].[c-]1ccc2c(oc3cc(-c4ccccc4)ccc32)c1-c1nccc2c1CCCC2. The third-order valence-electron chi connectivity index (χ3n) is 10.3. The molecule has 0 N–H and O–H groups in total. The second-order valence-electron chi connectivity index (χ2n) is 14.5. The Morgan fingerprint density at radius 3 is 2.12 bits per heavy atom. The summed E-state index contributed by atoms with van der Waals surface area (Å²) in [6, 6.07) is 38.8. The quantitative estimate of drug-likeness (QED) is 0.131. The first kappa shape index (κ1) is 34.3. The van der Waals surface area contributed by atoms with Gasteiger partial charge in [0.1, 0.15) is 5.58 Å². The number of rotatable bonds is 4. The minimum atomic E-state index is -1.26. The predicted octanol–water partition coefficient (Wildman–Crippen LogP) is 11.0. The summed E-state index contributed by atoms with van der Waals surface area (Å²) in [5, 5.41) is 3.69. The van der Waals surface area contributed by atoms with Crippen LogP contribution in [0.25, 0.3) is 55.6 Å². The Hall–Kier alpha value is -4.15. The molecule has 253 valence electrons. The summed E-state index contributed by atoms with van der Waals surface area (Å²) in [5.41, 5.74) is 14.3. The number of benzene rings is 4. The van der Waals surface area contributed by atoms with Crippen LogP contribution >= 0.6 is 0 Å². The largest absolute Gasteiger partial charge is 0.501 e. The molecule has 0 atom stereocenters. The van der Waals surface area contributed by atoms with Crippen molar-refractivity contribution in [1.82, 2.24) is 9.97 Å². The molecule has 0 amide bonds. The molecule has 0 saturated carbocycles. The maximum Gasteiger partial charge on any atom is 0.121 e. The number of hydrogen-bond donors (Lipinski definition) is 0. The van der Waals surface area contributed by atoms with Gasteiger partial charge in [0.15, 0.2) is 0 Å². The van der Waals surface area contributed by atoms with Gasteiger partial charge in [-0.3, -0.25) is 0 Å². The van der Waals surface area contributed by atoms with Gasteiger partial charge in [0, 0.05) is 37.9 Å². The minimum Gasteiger partial charge on any atom is -0.501 e. The molecular formula is C45H42IrN2OSi-2. The van der Waals surface area contributed by atoms with Gasteiger partial charge in [-0.15, -0.1) is 53.1 Å². The summed E-state index contributed by atoms with van der Waals surface area (Å²) in [6.45, 7) is 7.08. The number of nitrogens with zero attached hydrogens (tertiary/aromatic N) is 2. The van der Waals surface area contributed by atoms with Gasteiger partial charge in [-0.05, 0) is 71.9 Å². The van der Waals surface area contributed by atoms with Gasteiger partial charge in [-0.25, -0.2) is 0 Å². The molecule has 3 aromatic heterocycles. The zero-order valence-electron chi connectivity index (χ0n) is 29.1. The Morgan fingerprint density at radius 2 is 1.36 bits per heavy atom. The average molecular weight is 847 g/mol. The van der Waals surface area contributed by atoms with Crippen LogP contribution in [-0.4, -0.2) is 18.0 Å². The van der Waals surface area contributed by atoms with E-state index in [9.17, 15) is 0 Å². The molecule has 2 aliphatic carbocycles. The molecule has 0 fully saturated rings. The summed E-state index contributed by atoms with van der Waals surface area (Å²) < 4.78 is 6.42. The fourth-order valence-electron chi connectivity index (χ4n) is 7.53. The van der Waals surface area contributed by atoms with Gasteiger partial charge in [-0.2, -0.15) is 0 Å². The molecule has 2 aliphatic rings. The van der Waals surface area contributed by atoms with Crippen molar-refractivity contribution in [2.75, 3.05) is 0 Å². The van der Waals surface area contributed by atoms with Crippen LogP contribution in [0, 0.1) is 12.1 Å². The fourth-order valence-corrected chi connectivity index (χ4v) is 8.57. The first-order valence-electron chi connectivity index (χ1n) is 17.8. The molecule has 9 rings (SSSR count). The standard InChI is InChI=1S/C27H20NO.C18H22NSi.Ir/c1-2-7-18(8-3-1)20-13-14-22-23-11-6-12-24(27(23)29-25(22)17-20)26-21-10-5-4-9-19(21)15-16-28-26;1-20(2,3)15-11-12-18(19-13-15)17-10-6-8-14-7-4-5-9-16(14)17;/h1-3,6-8,11,13-17H,4-5,9-10H2;6,8,11-13H,4-5,7,9H2,1-3H3;/q2*-1;. The molecule has 3 nitrogen and oxygen atoms in total. The maximum atomic E-state index is 6.42. The average Bonchev–Trinajstić information content (AvgIpc) is 3.53. The number of pyridine rings is 2. The van der Waals surface area contributed by atoms with Crippen LogP contribution in [0.1, 0.15) is 47.9 Å². The molecule has 7 aromatic rings. The molecule has 3 heterocycles. The molecule has 5 heteroatoms. The Kier molecular flexibility index (Phi) is 10.0. The van der Waals surface area contributed by atoms with E-state index in [0.717, 1.165) is 57.3 Å². The van der Waals surface area contributed by atoms with Gasteiger partial charge >= 0.3 is 0 Å². The second kappa shape index (κ2) is 14.6. The van der Waals surface area contributed by atoms with Crippen LogP contribution in [0.2, 0.25) is 19.6 Å². The van der Waals surface area contributed by atoms with Crippen molar-refractivity contribution in [1.29, 1.82) is 0 Å². The van der Waals surface area contributed by atoms with E-state index in [1.165, 1.54) is 77.1 Å². The van der Waals surface area contributed by atoms with Crippen LogP contribution in [0.3, 0.4) is 0 Å². The molecule has 1 radical (unpaired) electrons. The first-order valence-corrected chi connectivity index (χ1v) is 21.3. The van der Waals surface area contributed by atoms with Crippen molar-refractivity contribution in [3.05, 3.63) is 138 Å². The van der Waals surface area contributed by atoms with Crippen LogP contribution in [0.4, 0.5) is 0 Å². The molecule has 4 aromatic carbocycles. The van der Waals surface area contributed by atoms with E-state index in [1.54, 1.807) is 0 Å². The van der Waals surface area contributed by atoms with E-state index in [-0.39, 0.29) is 20.1 Å². The Bertz CT molecular complexity index is 2270. The van der Waals surface area contributed by atoms with Crippen LogP contribution in [0.15, 0.2) is 108 Å². The molecule has 0 bridgehead atoms. The number of fused-ring (bicyclic) bond motifs is 5. The zero-order chi connectivity index (χ0) is 33.4. The molecule has 0 spiro atoms. The summed E-state index contributed by atoms with van der Waals surface area (Å²) in [5.74, 6) is 0. The number of hydrogen-bond acceptors (Lipinski definition) is 3. The van der Waals surface area contributed by atoms with Gasteiger partial charge in [0.05, 0.1) is 13.7 Å². The van der Waals surface area contributed by atoms with Crippen LogP contribution in [0.5, 0.6) is 0 Å². The number of aromatic nitrogens is 2. The first-order chi connectivity index (χ1) is 23.9. The minimum absolute atomic E-state index is 0. The monoisotopic (exact) mass is 847 g/mol. The number of furan rings is 1. The van der Waals surface area contributed by atoms with E-state index in [0.29, 0.717) is 0 Å². The van der Waals surface area contributed by atoms with Gasteiger partial charge < -0.3 is 14.4 Å². The van der Waals surface area contributed by atoms with Gasteiger partial charge in [-0.1, -0.05) is 116 Å². The third kappa shape index (κ3) is 6.79. The van der Waals surface area contributed by atoms with Crippen molar-refractivity contribution >= 4 is 35.2 Å². The van der Waals surface area contributed by atoms with Crippen molar-refractivity contribution in [2.24, 2.45) is 0 Å². The topological polar surface area (TPSA) is 38.9 Å². The van der Waals surface area contributed by atoms with Crippen LogP contribution in [-0.2, 0) is 45.8 Å². The van der Waals surface area contributed by atoms with Gasteiger partial charge in [0.2, 0.25) is 0 Å². The summed E-state index contributed by atoms with van der Waals surface area (Å²) in [6.07, 6.45) is 13.7. The van der Waals surface area contributed by atoms with E-state index >= 15 is 0 Å². The van der Waals surface area contributed by atoms with Crippen molar-refractivity contribution < 1.29 is 24.5 Å². The van der Waals surface area contributed by atoms with Crippen LogP contribution < -0.4 is 5.19 Å². The Balaban J connectivity index is 0.000000165. The Labute approximate surface area is 310 Å². The smallest absolute Gasteiger partial charge is 0.121 e. The van der Waals surface area contributed by atoms with Crippen molar-refractivity contribution in [2.45, 2.75) is 71.0 Å². The second-order valence-corrected chi connectivity index (χ2v) is 19.6. The summed E-state index contributed by atoms with van der Waals surface area (Å²) in [7, 11) is -1.26. The van der Waals surface area contributed by atoms with Crippen molar-refractivity contribution in [3.8, 4) is 33.6 Å². The maximum absolute atomic E-state index is 6.42. The third-order valence-corrected chi connectivity index (χ3v) is 12.3. The summed E-state index contributed by atoms with van der Waals surface area (Å²) in [4.78, 5) is 9.48. The predicted molar refractivity (Wildman–Crippen MR) is 206 cm³/mol. The molecule has 0 saturated heterocycles. The fraction of sp³-hybridized carbons (Fsp3) is 0.244. The Morgan fingerprint density at radius 1 is 0.640 bits per heavy atom. The van der Waals surface area contributed by atoms with Gasteiger partial charge in [0.25, 0.3) is 0 Å². The molecule has 0 unspecified atom stereocenters. The summed E-state index contributed by atoms with van der Waals surface area (Å²) >= 11 is 0. The van der Waals surface area contributed by atoms with E-state index in [2.05, 4.69) is 117 Å². The molecular weight excluding hydrogens is 805 g/mol. The van der Waals surface area contributed by atoms with E-state index in [4.69, 9.17) is 14.4 Å². The van der Waals surface area contributed by atoms with E-state index in [1.807, 2.05) is 18.3 Å². The number of aryl methyl sites for hydroxylation is 2. The normalized spacial score (nSPS) is 13.9. The molecule has 0 aliphatic heterocycles. The van der Waals surface area contributed by atoms with E-state index < -0.39 is 8.07 Å². The molecule has 50 heavy (non-hydrogen) atoms. The van der Waals surface area contributed by atoms with Crippen molar-refractivity contribution in [3.63, 3.8) is 0 Å².